The first-order valence-electron chi connectivity index (χ1n) is 4.34. The van der Waals surface area contributed by atoms with Crippen LogP contribution in [0.5, 0.6) is 0 Å². The summed E-state index contributed by atoms with van der Waals surface area (Å²) in [5.74, 6) is -2.58. The van der Waals surface area contributed by atoms with Crippen molar-refractivity contribution in [1.82, 2.24) is 0 Å². The van der Waals surface area contributed by atoms with Gasteiger partial charge in [-0.1, -0.05) is 0 Å². The molecular weight excluding hydrogens is 204 g/mol. The van der Waals surface area contributed by atoms with Gasteiger partial charge < -0.3 is 10.8 Å². The molecule has 1 aromatic carbocycles. The number of halogens is 2. The Morgan fingerprint density at radius 3 is 2.33 bits per heavy atom. The molecule has 1 rings (SSSR count). The van der Waals surface area contributed by atoms with Crippen molar-refractivity contribution in [1.29, 1.82) is 0 Å². The molecule has 0 aromatic heterocycles. The molecule has 15 heavy (non-hydrogen) atoms. The SMILES string of the molecule is Cc1c(F)cc(C[C@H](N)C(=O)O)cc1F. The monoisotopic (exact) mass is 215 g/mol. The molecule has 0 fully saturated rings. The normalized spacial score (nSPS) is 12.5. The van der Waals surface area contributed by atoms with Crippen LogP contribution in [-0.2, 0) is 11.2 Å². The van der Waals surface area contributed by atoms with Crippen molar-refractivity contribution in [3.05, 3.63) is 34.9 Å². The van der Waals surface area contributed by atoms with Gasteiger partial charge in [0.1, 0.15) is 17.7 Å². The van der Waals surface area contributed by atoms with Crippen LogP contribution >= 0.6 is 0 Å². The lowest BCUT2D eigenvalue weighted by Crippen LogP contribution is -2.32. The van der Waals surface area contributed by atoms with Gasteiger partial charge in [-0.25, -0.2) is 8.78 Å². The van der Waals surface area contributed by atoms with Crippen molar-refractivity contribution in [2.24, 2.45) is 5.73 Å². The minimum absolute atomic E-state index is 0.0809. The zero-order chi connectivity index (χ0) is 11.6. The fourth-order valence-corrected chi connectivity index (χ4v) is 1.16. The Balaban J connectivity index is 2.92. The van der Waals surface area contributed by atoms with Crippen molar-refractivity contribution in [3.8, 4) is 0 Å². The van der Waals surface area contributed by atoms with Crippen LogP contribution in [0.15, 0.2) is 12.1 Å². The summed E-state index contributed by atoms with van der Waals surface area (Å²) in [6.45, 7) is 1.31. The van der Waals surface area contributed by atoms with E-state index in [1.54, 1.807) is 0 Å². The van der Waals surface area contributed by atoms with E-state index in [1.165, 1.54) is 6.92 Å². The van der Waals surface area contributed by atoms with E-state index in [0.29, 0.717) is 0 Å². The van der Waals surface area contributed by atoms with Gasteiger partial charge in [0.05, 0.1) is 0 Å². The molecular formula is C10H11F2NO2. The first kappa shape index (κ1) is 11.6. The second-order valence-corrected chi connectivity index (χ2v) is 3.33. The highest BCUT2D eigenvalue weighted by molar-refractivity contribution is 5.73. The molecule has 0 aliphatic heterocycles. The Kier molecular flexibility index (Phi) is 3.36. The van der Waals surface area contributed by atoms with Gasteiger partial charge in [0.2, 0.25) is 0 Å². The van der Waals surface area contributed by atoms with Crippen molar-refractivity contribution in [2.45, 2.75) is 19.4 Å². The quantitative estimate of drug-likeness (QED) is 0.797. The largest absolute Gasteiger partial charge is 0.480 e. The third kappa shape index (κ3) is 2.73. The van der Waals surface area contributed by atoms with Gasteiger partial charge in [-0.3, -0.25) is 4.79 Å². The summed E-state index contributed by atoms with van der Waals surface area (Å²) in [6, 6.07) is 1.05. The van der Waals surface area contributed by atoms with Gasteiger partial charge in [0.25, 0.3) is 0 Å². The van der Waals surface area contributed by atoms with Gasteiger partial charge >= 0.3 is 5.97 Å². The molecule has 0 saturated carbocycles. The summed E-state index contributed by atoms with van der Waals surface area (Å²) in [5, 5.41) is 8.52. The fraction of sp³-hybridized carbons (Fsp3) is 0.300. The Hall–Kier alpha value is -1.49. The molecule has 1 atom stereocenters. The highest BCUT2D eigenvalue weighted by atomic mass is 19.1. The molecule has 3 nitrogen and oxygen atoms in total. The molecule has 3 N–H and O–H groups in total. The summed E-state index contributed by atoms with van der Waals surface area (Å²) < 4.78 is 26.1. The Morgan fingerprint density at radius 1 is 1.47 bits per heavy atom. The van der Waals surface area contributed by atoms with Crippen molar-refractivity contribution in [3.63, 3.8) is 0 Å². The number of carboxylic acids is 1. The molecule has 0 saturated heterocycles. The number of benzene rings is 1. The van der Waals surface area contributed by atoms with Crippen LogP contribution in [0.1, 0.15) is 11.1 Å². The second-order valence-electron chi connectivity index (χ2n) is 3.33. The van der Waals surface area contributed by atoms with Gasteiger partial charge in [-0.2, -0.15) is 0 Å². The van der Waals surface area contributed by atoms with Gasteiger partial charge in [0, 0.05) is 5.56 Å². The maximum atomic E-state index is 13.1. The topological polar surface area (TPSA) is 63.3 Å². The number of hydrogen-bond acceptors (Lipinski definition) is 2. The predicted molar refractivity (Wildman–Crippen MR) is 50.4 cm³/mol. The molecule has 0 bridgehead atoms. The molecule has 0 aliphatic rings. The summed E-state index contributed by atoms with van der Waals surface area (Å²) >= 11 is 0. The zero-order valence-corrected chi connectivity index (χ0v) is 8.13. The van der Waals surface area contributed by atoms with E-state index in [2.05, 4.69) is 0 Å². The highest BCUT2D eigenvalue weighted by Gasteiger charge is 2.14. The number of aliphatic carboxylic acids is 1. The molecule has 0 unspecified atom stereocenters. The van der Waals surface area contributed by atoms with E-state index >= 15 is 0 Å². The van der Waals surface area contributed by atoms with E-state index in [-0.39, 0.29) is 17.5 Å². The number of nitrogens with two attached hydrogens (primary N) is 1. The Bertz CT molecular complexity index is 370. The minimum atomic E-state index is -1.20. The van der Waals surface area contributed by atoms with E-state index in [1.807, 2.05) is 0 Å². The summed E-state index contributed by atoms with van der Waals surface area (Å²) in [6.07, 6.45) is -0.0938. The van der Waals surface area contributed by atoms with E-state index in [0.717, 1.165) is 12.1 Å². The average molecular weight is 215 g/mol. The number of rotatable bonds is 3. The van der Waals surface area contributed by atoms with Gasteiger partial charge in [-0.15, -0.1) is 0 Å². The van der Waals surface area contributed by atoms with Crippen LogP contribution in [0.4, 0.5) is 8.78 Å². The summed E-state index contributed by atoms with van der Waals surface area (Å²) in [5.41, 5.74) is 5.40. The number of hydrogen-bond donors (Lipinski definition) is 2. The molecule has 82 valence electrons. The van der Waals surface area contributed by atoms with E-state index < -0.39 is 23.6 Å². The van der Waals surface area contributed by atoms with Gasteiger partial charge in [0.15, 0.2) is 0 Å². The third-order valence-corrected chi connectivity index (χ3v) is 2.11. The van der Waals surface area contributed by atoms with Gasteiger partial charge in [-0.05, 0) is 31.0 Å². The molecule has 0 heterocycles. The van der Waals surface area contributed by atoms with Crippen LogP contribution in [-0.4, -0.2) is 17.1 Å². The van der Waals surface area contributed by atoms with Crippen molar-refractivity contribution >= 4 is 5.97 Å². The maximum absolute atomic E-state index is 13.1. The summed E-state index contributed by atoms with van der Waals surface area (Å²) in [4.78, 5) is 10.4. The van der Waals surface area contributed by atoms with Crippen LogP contribution in [0.25, 0.3) is 0 Å². The smallest absolute Gasteiger partial charge is 0.320 e. The first-order chi connectivity index (χ1) is 6.91. The van der Waals surface area contributed by atoms with Crippen molar-refractivity contribution < 1.29 is 18.7 Å². The standard InChI is InChI=1S/C10H11F2NO2/c1-5-7(11)2-6(3-8(5)12)4-9(13)10(14)15/h2-3,9H,4,13H2,1H3,(H,14,15)/t9-/m0/s1. The fourth-order valence-electron chi connectivity index (χ4n) is 1.16. The van der Waals surface area contributed by atoms with Crippen LogP contribution in [0.2, 0.25) is 0 Å². The zero-order valence-electron chi connectivity index (χ0n) is 8.13. The van der Waals surface area contributed by atoms with Crippen LogP contribution < -0.4 is 5.73 Å². The molecule has 0 spiro atoms. The van der Waals surface area contributed by atoms with E-state index in [4.69, 9.17) is 10.8 Å². The Morgan fingerprint density at radius 2 is 1.93 bits per heavy atom. The van der Waals surface area contributed by atoms with Crippen molar-refractivity contribution in [2.75, 3.05) is 0 Å². The molecule has 0 amide bonds. The number of carbonyl (C=O) groups is 1. The third-order valence-electron chi connectivity index (χ3n) is 2.11. The number of carboxylic acid groups (broad SMARTS) is 1. The lowest BCUT2D eigenvalue weighted by atomic mass is 10.0. The molecule has 1 aromatic rings. The maximum Gasteiger partial charge on any atom is 0.320 e. The molecule has 5 heteroatoms. The predicted octanol–water partition coefficient (Wildman–Crippen LogP) is 1.23. The molecule has 0 aliphatic carbocycles. The Labute approximate surface area is 85.5 Å². The lowest BCUT2D eigenvalue weighted by molar-refractivity contribution is -0.138. The minimum Gasteiger partial charge on any atom is -0.480 e. The average Bonchev–Trinajstić information content (AvgIpc) is 2.13. The van der Waals surface area contributed by atoms with E-state index in [9.17, 15) is 13.6 Å². The highest BCUT2D eigenvalue weighted by Crippen LogP contribution is 2.15. The lowest BCUT2D eigenvalue weighted by Gasteiger charge is -2.08. The summed E-state index contributed by atoms with van der Waals surface area (Å²) in [7, 11) is 0. The molecule has 0 radical (unpaired) electrons. The van der Waals surface area contributed by atoms with Crippen LogP contribution in [0, 0.1) is 18.6 Å². The second kappa shape index (κ2) is 4.35. The first-order valence-corrected chi connectivity index (χ1v) is 4.34. The van der Waals surface area contributed by atoms with Crippen LogP contribution in [0.3, 0.4) is 0 Å².